The number of nitrogens with two attached hydrogens (primary N) is 1. The van der Waals surface area contributed by atoms with Gasteiger partial charge < -0.3 is 15.8 Å². The molecule has 0 fully saturated rings. The van der Waals surface area contributed by atoms with Crippen molar-refractivity contribution in [3.8, 4) is 5.75 Å². The Morgan fingerprint density at radius 1 is 1.35 bits per heavy atom. The summed E-state index contributed by atoms with van der Waals surface area (Å²) in [5, 5.41) is 2.78. The number of ether oxygens (including phenoxy) is 1. The molecule has 0 atom stereocenters. The molecule has 0 saturated heterocycles. The van der Waals surface area contributed by atoms with E-state index in [0.717, 1.165) is 6.07 Å². The largest absolute Gasteiger partial charge is 0.497 e. The van der Waals surface area contributed by atoms with Crippen LogP contribution >= 0.6 is 11.6 Å². The van der Waals surface area contributed by atoms with E-state index in [0.29, 0.717) is 11.4 Å². The third kappa shape index (κ3) is 2.83. The van der Waals surface area contributed by atoms with Crippen molar-refractivity contribution in [2.75, 3.05) is 18.2 Å². The molecule has 0 unspecified atom stereocenters. The predicted molar refractivity (Wildman–Crippen MR) is 76.8 cm³/mol. The highest BCUT2D eigenvalue weighted by molar-refractivity contribution is 6.34. The molecule has 0 aliphatic carbocycles. The first-order valence-corrected chi connectivity index (χ1v) is 6.09. The lowest BCUT2D eigenvalue weighted by Gasteiger charge is -2.11. The maximum Gasteiger partial charge on any atom is 0.258 e. The van der Waals surface area contributed by atoms with Crippen molar-refractivity contribution in [1.82, 2.24) is 0 Å². The first-order chi connectivity index (χ1) is 9.52. The monoisotopic (exact) mass is 294 g/mol. The van der Waals surface area contributed by atoms with Crippen molar-refractivity contribution in [2.45, 2.75) is 0 Å². The second-order valence-corrected chi connectivity index (χ2v) is 4.41. The number of para-hydroxylation sites is 1. The number of carbonyl (C=O) groups is 1. The molecular weight excluding hydrogens is 283 g/mol. The topological polar surface area (TPSA) is 64.3 Å². The highest BCUT2D eigenvalue weighted by Gasteiger charge is 2.15. The molecule has 2 rings (SSSR count). The molecule has 2 aromatic rings. The van der Waals surface area contributed by atoms with Gasteiger partial charge in [-0.25, -0.2) is 4.39 Å². The van der Waals surface area contributed by atoms with Gasteiger partial charge in [0.1, 0.15) is 11.6 Å². The summed E-state index contributed by atoms with van der Waals surface area (Å²) in [5.41, 5.74) is 6.16. The average molecular weight is 295 g/mol. The van der Waals surface area contributed by atoms with Crippen LogP contribution in [0.25, 0.3) is 0 Å². The molecule has 6 heteroatoms. The zero-order valence-electron chi connectivity index (χ0n) is 10.6. The Morgan fingerprint density at radius 2 is 2.10 bits per heavy atom. The summed E-state index contributed by atoms with van der Waals surface area (Å²) in [4.78, 5) is 12.0. The van der Waals surface area contributed by atoms with Crippen LogP contribution in [0.1, 0.15) is 10.4 Å². The third-order valence-electron chi connectivity index (χ3n) is 2.71. The molecule has 0 heterocycles. The fraction of sp³-hybridized carbons (Fsp3) is 0.0714. The lowest BCUT2D eigenvalue weighted by Crippen LogP contribution is -2.15. The molecule has 0 aromatic heterocycles. The number of rotatable bonds is 3. The summed E-state index contributed by atoms with van der Waals surface area (Å²) >= 11 is 5.94. The van der Waals surface area contributed by atoms with Crippen LogP contribution in [0.4, 0.5) is 15.8 Å². The summed E-state index contributed by atoms with van der Waals surface area (Å²) in [5.74, 6) is -0.992. The first kappa shape index (κ1) is 14.1. The number of amides is 1. The third-order valence-corrected chi connectivity index (χ3v) is 3.02. The van der Waals surface area contributed by atoms with E-state index in [2.05, 4.69) is 5.32 Å². The van der Waals surface area contributed by atoms with Crippen molar-refractivity contribution in [2.24, 2.45) is 0 Å². The van der Waals surface area contributed by atoms with Crippen LogP contribution in [-0.2, 0) is 0 Å². The standard InChI is InChI=1S/C14H12ClFN2O2/c1-20-8-5-6-9(11(16)7-8)14(19)18-13-10(15)3-2-4-12(13)17/h2-7H,17H2,1H3,(H,18,19). The van der Waals surface area contributed by atoms with Crippen LogP contribution in [0.5, 0.6) is 5.75 Å². The first-order valence-electron chi connectivity index (χ1n) is 5.72. The van der Waals surface area contributed by atoms with Crippen molar-refractivity contribution in [3.63, 3.8) is 0 Å². The van der Waals surface area contributed by atoms with Crippen LogP contribution in [0.15, 0.2) is 36.4 Å². The van der Waals surface area contributed by atoms with Gasteiger partial charge >= 0.3 is 0 Å². The highest BCUT2D eigenvalue weighted by atomic mass is 35.5. The number of benzene rings is 2. The molecule has 0 spiro atoms. The Labute approximate surface area is 120 Å². The van der Waals surface area contributed by atoms with Gasteiger partial charge in [0.15, 0.2) is 0 Å². The van der Waals surface area contributed by atoms with E-state index in [1.165, 1.54) is 19.2 Å². The van der Waals surface area contributed by atoms with Gasteiger partial charge in [-0.05, 0) is 24.3 Å². The van der Waals surface area contributed by atoms with Gasteiger partial charge in [0, 0.05) is 6.07 Å². The van der Waals surface area contributed by atoms with E-state index in [-0.39, 0.29) is 16.3 Å². The second-order valence-electron chi connectivity index (χ2n) is 4.00. The summed E-state index contributed by atoms with van der Waals surface area (Å²) in [6.07, 6.45) is 0. The van der Waals surface area contributed by atoms with Crippen molar-refractivity contribution < 1.29 is 13.9 Å². The van der Waals surface area contributed by atoms with Crippen molar-refractivity contribution >= 4 is 28.9 Å². The maximum absolute atomic E-state index is 13.8. The smallest absolute Gasteiger partial charge is 0.258 e. The number of anilines is 2. The Kier molecular flexibility index (Phi) is 4.10. The summed E-state index contributed by atoms with van der Waals surface area (Å²) in [6, 6.07) is 8.78. The molecule has 4 nitrogen and oxygen atoms in total. The number of nitrogens with one attached hydrogen (secondary N) is 1. The Balaban J connectivity index is 2.29. The molecular formula is C14H12ClFN2O2. The Hall–Kier alpha value is -2.27. The van der Waals surface area contributed by atoms with Gasteiger partial charge in [-0.1, -0.05) is 17.7 Å². The average Bonchev–Trinajstić information content (AvgIpc) is 2.42. The molecule has 1 amide bonds. The summed E-state index contributed by atoms with van der Waals surface area (Å²) < 4.78 is 18.7. The van der Waals surface area contributed by atoms with Gasteiger partial charge in [0.2, 0.25) is 0 Å². The van der Waals surface area contributed by atoms with Crippen LogP contribution < -0.4 is 15.8 Å². The zero-order valence-corrected chi connectivity index (χ0v) is 11.4. The molecule has 0 aliphatic rings. The number of carbonyl (C=O) groups excluding carboxylic acids is 1. The molecule has 2 aromatic carbocycles. The van der Waals surface area contributed by atoms with Crippen molar-refractivity contribution in [3.05, 3.63) is 52.8 Å². The predicted octanol–water partition coefficient (Wildman–Crippen LogP) is 3.32. The molecule has 0 radical (unpaired) electrons. The number of nitrogen functional groups attached to an aromatic ring is 1. The number of hydrogen-bond donors (Lipinski definition) is 2. The van der Waals surface area contributed by atoms with Crippen LogP contribution in [0.3, 0.4) is 0 Å². The van der Waals surface area contributed by atoms with E-state index in [9.17, 15) is 9.18 Å². The lowest BCUT2D eigenvalue weighted by molar-refractivity contribution is 0.102. The second kappa shape index (κ2) is 5.79. The van der Waals surface area contributed by atoms with Crippen LogP contribution in [0, 0.1) is 5.82 Å². The molecule has 20 heavy (non-hydrogen) atoms. The zero-order chi connectivity index (χ0) is 14.7. The van der Waals surface area contributed by atoms with Gasteiger partial charge in [-0.15, -0.1) is 0 Å². The van der Waals surface area contributed by atoms with E-state index in [1.807, 2.05) is 0 Å². The van der Waals surface area contributed by atoms with Gasteiger partial charge in [-0.2, -0.15) is 0 Å². The molecule has 0 aliphatic heterocycles. The Morgan fingerprint density at radius 3 is 2.70 bits per heavy atom. The molecule has 104 valence electrons. The molecule has 3 N–H and O–H groups in total. The highest BCUT2D eigenvalue weighted by Crippen LogP contribution is 2.28. The number of hydrogen-bond acceptors (Lipinski definition) is 3. The fourth-order valence-electron chi connectivity index (χ4n) is 1.66. The normalized spacial score (nSPS) is 10.2. The lowest BCUT2D eigenvalue weighted by atomic mass is 10.1. The van der Waals surface area contributed by atoms with Gasteiger partial charge in [0.05, 0.1) is 29.1 Å². The fourth-order valence-corrected chi connectivity index (χ4v) is 1.89. The van der Waals surface area contributed by atoms with Crippen LogP contribution in [-0.4, -0.2) is 13.0 Å². The number of methoxy groups -OCH3 is 1. The van der Waals surface area contributed by atoms with Gasteiger partial charge in [0.25, 0.3) is 5.91 Å². The molecule has 0 saturated carbocycles. The quantitative estimate of drug-likeness (QED) is 0.854. The summed E-state index contributed by atoms with van der Waals surface area (Å²) in [6.45, 7) is 0. The number of halogens is 2. The minimum absolute atomic E-state index is 0.120. The van der Waals surface area contributed by atoms with E-state index in [1.54, 1.807) is 18.2 Å². The van der Waals surface area contributed by atoms with Crippen LogP contribution in [0.2, 0.25) is 5.02 Å². The Bertz CT molecular complexity index is 641. The maximum atomic E-state index is 13.8. The van der Waals surface area contributed by atoms with E-state index >= 15 is 0 Å². The molecule has 0 bridgehead atoms. The minimum Gasteiger partial charge on any atom is -0.497 e. The summed E-state index contributed by atoms with van der Waals surface area (Å²) in [7, 11) is 1.42. The minimum atomic E-state index is -0.688. The van der Waals surface area contributed by atoms with E-state index < -0.39 is 11.7 Å². The SMILES string of the molecule is COc1ccc(C(=O)Nc2c(N)cccc2Cl)c(F)c1. The van der Waals surface area contributed by atoms with Gasteiger partial charge in [-0.3, -0.25) is 4.79 Å². The van der Waals surface area contributed by atoms with Crippen molar-refractivity contribution in [1.29, 1.82) is 0 Å². The van der Waals surface area contributed by atoms with E-state index in [4.69, 9.17) is 22.1 Å².